The van der Waals surface area contributed by atoms with Crippen LogP contribution < -0.4 is 4.90 Å². The molecule has 2 heterocycles. The van der Waals surface area contributed by atoms with Crippen LogP contribution in [0.1, 0.15) is 32.0 Å². The van der Waals surface area contributed by atoms with Gasteiger partial charge in [0.2, 0.25) is 0 Å². The van der Waals surface area contributed by atoms with Gasteiger partial charge >= 0.3 is 5.97 Å². The van der Waals surface area contributed by atoms with E-state index in [1.54, 1.807) is 29.2 Å². The zero-order chi connectivity index (χ0) is 15.0. The average molecular weight is 366 g/mol. The predicted octanol–water partition coefficient (Wildman–Crippen LogP) is 3.80. The SMILES string of the molecule is O=C(O)c1ccc2c(c1)CCCN2C(=O)c1ccc(Br)s1. The highest BCUT2D eigenvalue weighted by Crippen LogP contribution is 2.31. The molecule has 1 aliphatic heterocycles. The van der Waals surface area contributed by atoms with Crippen LogP contribution in [0.5, 0.6) is 0 Å². The summed E-state index contributed by atoms with van der Waals surface area (Å²) < 4.78 is 0.921. The summed E-state index contributed by atoms with van der Waals surface area (Å²) in [4.78, 5) is 26.1. The number of carboxylic acid groups (broad SMARTS) is 1. The molecule has 1 aromatic carbocycles. The molecule has 6 heteroatoms. The summed E-state index contributed by atoms with van der Waals surface area (Å²) in [5, 5.41) is 9.06. The van der Waals surface area contributed by atoms with Crippen molar-refractivity contribution in [3.05, 3.63) is 50.1 Å². The molecule has 2 aromatic rings. The molecule has 0 atom stereocenters. The summed E-state index contributed by atoms with van der Waals surface area (Å²) in [6, 6.07) is 8.62. The Bertz CT molecular complexity index is 725. The van der Waals surface area contributed by atoms with Gasteiger partial charge in [-0.1, -0.05) is 0 Å². The van der Waals surface area contributed by atoms with Gasteiger partial charge in [-0.15, -0.1) is 11.3 Å². The molecular weight excluding hydrogens is 354 g/mol. The predicted molar refractivity (Wildman–Crippen MR) is 85.4 cm³/mol. The molecule has 3 rings (SSSR count). The third kappa shape index (κ3) is 2.73. The van der Waals surface area contributed by atoms with Gasteiger partial charge in [0.1, 0.15) is 0 Å². The summed E-state index contributed by atoms with van der Waals surface area (Å²) in [5.41, 5.74) is 2.01. The van der Waals surface area contributed by atoms with Crippen LogP contribution in [0.4, 0.5) is 5.69 Å². The van der Waals surface area contributed by atoms with Crippen LogP contribution in [0.25, 0.3) is 0 Å². The molecule has 0 aliphatic carbocycles. The van der Waals surface area contributed by atoms with Crippen molar-refractivity contribution >= 4 is 44.8 Å². The molecule has 0 radical (unpaired) electrons. The van der Waals surface area contributed by atoms with E-state index in [9.17, 15) is 9.59 Å². The Kier molecular flexibility index (Phi) is 3.82. The van der Waals surface area contributed by atoms with E-state index in [0.29, 0.717) is 11.4 Å². The maximum Gasteiger partial charge on any atom is 0.335 e. The van der Waals surface area contributed by atoms with E-state index in [4.69, 9.17) is 5.11 Å². The van der Waals surface area contributed by atoms with Crippen LogP contribution >= 0.6 is 27.3 Å². The molecule has 1 aromatic heterocycles. The van der Waals surface area contributed by atoms with E-state index >= 15 is 0 Å². The number of carboxylic acids is 1. The molecule has 0 saturated carbocycles. The molecular formula is C15H12BrNO3S. The van der Waals surface area contributed by atoms with Crippen molar-refractivity contribution in [1.29, 1.82) is 0 Å². The molecule has 21 heavy (non-hydrogen) atoms. The second-order valence-corrected chi connectivity index (χ2v) is 7.28. The fourth-order valence-corrected chi connectivity index (χ4v) is 3.84. The molecule has 0 bridgehead atoms. The number of carbonyl (C=O) groups is 2. The second-order valence-electron chi connectivity index (χ2n) is 4.81. The van der Waals surface area contributed by atoms with Gasteiger partial charge < -0.3 is 10.0 Å². The molecule has 1 N–H and O–H groups in total. The number of benzene rings is 1. The van der Waals surface area contributed by atoms with E-state index in [1.165, 1.54) is 11.3 Å². The topological polar surface area (TPSA) is 57.6 Å². The number of halogens is 1. The lowest BCUT2D eigenvalue weighted by Crippen LogP contribution is -2.35. The van der Waals surface area contributed by atoms with E-state index in [0.717, 1.165) is 27.9 Å². The van der Waals surface area contributed by atoms with Gasteiger partial charge in [-0.05, 0) is 64.7 Å². The van der Waals surface area contributed by atoms with Crippen molar-refractivity contribution in [2.75, 3.05) is 11.4 Å². The minimum atomic E-state index is -0.941. The molecule has 1 amide bonds. The summed E-state index contributed by atoms with van der Waals surface area (Å²) in [6.45, 7) is 0.660. The Morgan fingerprint density at radius 3 is 2.71 bits per heavy atom. The van der Waals surface area contributed by atoms with Crippen LogP contribution in [0, 0.1) is 0 Å². The molecule has 4 nitrogen and oxygen atoms in total. The number of carbonyl (C=O) groups excluding carboxylic acids is 1. The van der Waals surface area contributed by atoms with Crippen LogP contribution in [-0.2, 0) is 6.42 Å². The van der Waals surface area contributed by atoms with E-state index < -0.39 is 5.97 Å². The number of fused-ring (bicyclic) bond motifs is 1. The summed E-state index contributed by atoms with van der Waals surface area (Å²) in [5.74, 6) is -0.974. The summed E-state index contributed by atoms with van der Waals surface area (Å²) >= 11 is 4.77. The fraction of sp³-hybridized carbons (Fsp3) is 0.200. The highest BCUT2D eigenvalue weighted by atomic mass is 79.9. The Morgan fingerprint density at radius 2 is 2.05 bits per heavy atom. The van der Waals surface area contributed by atoms with E-state index in [1.807, 2.05) is 6.07 Å². The van der Waals surface area contributed by atoms with Crippen molar-refractivity contribution < 1.29 is 14.7 Å². The van der Waals surface area contributed by atoms with Crippen molar-refractivity contribution in [2.24, 2.45) is 0 Å². The second kappa shape index (κ2) is 5.61. The Balaban J connectivity index is 1.97. The summed E-state index contributed by atoms with van der Waals surface area (Å²) in [6.07, 6.45) is 1.64. The van der Waals surface area contributed by atoms with E-state index in [-0.39, 0.29) is 11.5 Å². The third-order valence-electron chi connectivity index (χ3n) is 3.47. The maximum absolute atomic E-state index is 12.6. The first kappa shape index (κ1) is 14.3. The number of rotatable bonds is 2. The first-order valence-corrected chi connectivity index (χ1v) is 8.10. The number of nitrogens with zero attached hydrogens (tertiary/aromatic N) is 1. The number of thiophene rings is 1. The lowest BCUT2D eigenvalue weighted by atomic mass is 9.99. The molecule has 0 unspecified atom stereocenters. The number of aromatic carboxylic acids is 1. The van der Waals surface area contributed by atoms with Crippen LogP contribution in [0.3, 0.4) is 0 Å². The van der Waals surface area contributed by atoms with Gasteiger partial charge in [0, 0.05) is 12.2 Å². The molecule has 1 aliphatic rings. The lowest BCUT2D eigenvalue weighted by molar-refractivity contribution is 0.0696. The molecule has 0 fully saturated rings. The smallest absolute Gasteiger partial charge is 0.335 e. The van der Waals surface area contributed by atoms with Crippen LogP contribution in [0.2, 0.25) is 0 Å². The minimum absolute atomic E-state index is 0.0327. The largest absolute Gasteiger partial charge is 0.478 e. The number of hydrogen-bond donors (Lipinski definition) is 1. The van der Waals surface area contributed by atoms with Gasteiger partial charge in [-0.2, -0.15) is 0 Å². The monoisotopic (exact) mass is 365 g/mol. The van der Waals surface area contributed by atoms with Gasteiger partial charge in [0.15, 0.2) is 0 Å². The first-order chi connectivity index (χ1) is 10.1. The normalized spacial score (nSPS) is 13.9. The van der Waals surface area contributed by atoms with E-state index in [2.05, 4.69) is 15.9 Å². The quantitative estimate of drug-likeness (QED) is 0.880. The molecule has 108 valence electrons. The van der Waals surface area contributed by atoms with Crippen LogP contribution in [-0.4, -0.2) is 23.5 Å². The number of anilines is 1. The Hall–Kier alpha value is -1.66. The van der Waals surface area contributed by atoms with Crippen molar-refractivity contribution in [1.82, 2.24) is 0 Å². The fourth-order valence-electron chi connectivity index (χ4n) is 2.50. The highest BCUT2D eigenvalue weighted by molar-refractivity contribution is 9.11. The Labute approximate surface area is 134 Å². The Morgan fingerprint density at radius 1 is 1.24 bits per heavy atom. The van der Waals surface area contributed by atoms with Crippen molar-refractivity contribution in [3.8, 4) is 0 Å². The van der Waals surface area contributed by atoms with Crippen molar-refractivity contribution in [2.45, 2.75) is 12.8 Å². The zero-order valence-electron chi connectivity index (χ0n) is 11.0. The highest BCUT2D eigenvalue weighted by Gasteiger charge is 2.25. The van der Waals surface area contributed by atoms with Gasteiger partial charge in [0.25, 0.3) is 5.91 Å². The molecule has 0 spiro atoms. The van der Waals surface area contributed by atoms with Crippen LogP contribution in [0.15, 0.2) is 34.1 Å². The summed E-state index contributed by atoms with van der Waals surface area (Å²) in [7, 11) is 0. The van der Waals surface area contributed by atoms with Crippen molar-refractivity contribution in [3.63, 3.8) is 0 Å². The molecule has 0 saturated heterocycles. The minimum Gasteiger partial charge on any atom is -0.478 e. The van der Waals surface area contributed by atoms with Gasteiger partial charge in [-0.25, -0.2) is 4.79 Å². The van der Waals surface area contributed by atoms with Gasteiger partial charge in [-0.3, -0.25) is 4.79 Å². The lowest BCUT2D eigenvalue weighted by Gasteiger charge is -2.29. The zero-order valence-corrected chi connectivity index (χ0v) is 13.4. The first-order valence-electron chi connectivity index (χ1n) is 6.49. The third-order valence-corrected chi connectivity index (χ3v) is 5.09. The average Bonchev–Trinajstić information content (AvgIpc) is 2.91. The number of hydrogen-bond acceptors (Lipinski definition) is 3. The standard InChI is InChI=1S/C15H12BrNO3S/c16-13-6-5-12(21-13)14(18)17-7-1-2-9-8-10(15(19)20)3-4-11(9)17/h3-6,8H,1-2,7H2,(H,19,20). The number of aryl methyl sites for hydroxylation is 1. The maximum atomic E-state index is 12.6. The van der Waals surface area contributed by atoms with Gasteiger partial charge in [0.05, 0.1) is 14.2 Å². The number of amides is 1.